The number of hydrogen-bond donors (Lipinski definition) is 0. The van der Waals surface area contributed by atoms with E-state index in [-0.39, 0.29) is 23.4 Å². The van der Waals surface area contributed by atoms with Gasteiger partial charge in [-0.05, 0) is 57.9 Å². The highest BCUT2D eigenvalue weighted by atomic mass is 79.9. The van der Waals surface area contributed by atoms with Gasteiger partial charge in [0.25, 0.3) is 5.56 Å². The summed E-state index contributed by atoms with van der Waals surface area (Å²) in [7, 11) is 0. The smallest absolute Gasteiger partial charge is 0.416 e. The first-order valence-corrected chi connectivity index (χ1v) is 11.3. The molecule has 0 saturated carbocycles. The van der Waals surface area contributed by atoms with E-state index in [1.165, 1.54) is 18.3 Å². The minimum absolute atomic E-state index is 0.0350. The summed E-state index contributed by atoms with van der Waals surface area (Å²) >= 11 is 9.70. The first kappa shape index (κ1) is 24.7. The Morgan fingerprint density at radius 3 is 2.63 bits per heavy atom. The van der Waals surface area contributed by atoms with Gasteiger partial charge in [-0.1, -0.05) is 48.5 Å². The zero-order chi connectivity index (χ0) is 25.2. The van der Waals surface area contributed by atoms with Gasteiger partial charge in [0.2, 0.25) is 0 Å². The molecule has 0 N–H and O–H groups in total. The van der Waals surface area contributed by atoms with Crippen LogP contribution in [0.2, 0.25) is 5.02 Å². The summed E-state index contributed by atoms with van der Waals surface area (Å²) in [6.07, 6.45) is -1.62. The fraction of sp³-hybridized carbons (Fsp3) is 0.0800. The number of aromatic nitrogens is 2. The summed E-state index contributed by atoms with van der Waals surface area (Å²) in [5.41, 5.74) is -0.449. The van der Waals surface area contributed by atoms with Crippen LogP contribution in [0.25, 0.3) is 22.3 Å². The fourth-order valence-electron chi connectivity index (χ4n) is 3.31. The van der Waals surface area contributed by atoms with E-state index in [2.05, 4.69) is 32.6 Å². The SMILES string of the molecule is C=CCOc1c(Cl)cc(C=Nn2c(-c3cccc(C(F)(F)F)c3)nc3ccccc3c2=O)cc1Br. The molecule has 0 unspecified atom stereocenters. The van der Waals surface area contributed by atoms with Gasteiger partial charge < -0.3 is 4.74 Å². The quantitative estimate of drug-likeness (QED) is 0.189. The molecule has 35 heavy (non-hydrogen) atoms. The first-order chi connectivity index (χ1) is 16.7. The van der Waals surface area contributed by atoms with Gasteiger partial charge in [-0.25, -0.2) is 4.98 Å². The van der Waals surface area contributed by atoms with Crippen LogP contribution < -0.4 is 10.3 Å². The molecule has 0 radical (unpaired) electrons. The normalized spacial score (nSPS) is 11.8. The Bertz CT molecular complexity index is 1490. The van der Waals surface area contributed by atoms with Gasteiger partial charge in [0, 0.05) is 5.56 Å². The van der Waals surface area contributed by atoms with Crippen LogP contribution in [-0.2, 0) is 6.18 Å². The molecule has 0 aliphatic carbocycles. The van der Waals surface area contributed by atoms with Crippen molar-refractivity contribution in [3.8, 4) is 17.1 Å². The number of alkyl halides is 3. The highest BCUT2D eigenvalue weighted by molar-refractivity contribution is 9.10. The molecule has 0 aliphatic rings. The summed E-state index contributed by atoms with van der Waals surface area (Å²) < 4.78 is 47.0. The predicted molar refractivity (Wildman–Crippen MR) is 134 cm³/mol. The van der Waals surface area contributed by atoms with E-state index in [0.29, 0.717) is 26.3 Å². The Labute approximate surface area is 211 Å². The van der Waals surface area contributed by atoms with E-state index in [9.17, 15) is 18.0 Å². The number of rotatable bonds is 6. The molecule has 10 heteroatoms. The average Bonchev–Trinajstić information content (AvgIpc) is 2.82. The molecule has 0 amide bonds. The molecule has 0 aliphatic heterocycles. The Morgan fingerprint density at radius 2 is 1.91 bits per heavy atom. The van der Waals surface area contributed by atoms with Crippen LogP contribution in [0.3, 0.4) is 0 Å². The minimum Gasteiger partial charge on any atom is -0.487 e. The van der Waals surface area contributed by atoms with Crippen LogP contribution >= 0.6 is 27.5 Å². The van der Waals surface area contributed by atoms with E-state index in [4.69, 9.17) is 16.3 Å². The second kappa shape index (κ2) is 10.1. The highest BCUT2D eigenvalue weighted by Crippen LogP contribution is 2.34. The van der Waals surface area contributed by atoms with Gasteiger partial charge >= 0.3 is 6.18 Å². The van der Waals surface area contributed by atoms with Crippen molar-refractivity contribution in [2.45, 2.75) is 6.18 Å². The van der Waals surface area contributed by atoms with E-state index in [1.54, 1.807) is 42.5 Å². The molecule has 4 rings (SSSR count). The molecule has 0 bridgehead atoms. The predicted octanol–water partition coefficient (Wildman–Crippen LogP) is 6.95. The monoisotopic (exact) mass is 561 g/mol. The maximum absolute atomic E-state index is 13.3. The van der Waals surface area contributed by atoms with Crippen LogP contribution in [0, 0.1) is 0 Å². The van der Waals surface area contributed by atoms with E-state index in [0.717, 1.165) is 16.8 Å². The van der Waals surface area contributed by atoms with Crippen molar-refractivity contribution >= 4 is 44.6 Å². The molecule has 1 aromatic heterocycles. The number of ether oxygens (including phenoxy) is 1. The van der Waals surface area contributed by atoms with Crippen LogP contribution in [0.5, 0.6) is 5.75 Å². The molecular weight excluding hydrogens is 547 g/mol. The zero-order valence-corrected chi connectivity index (χ0v) is 20.2. The summed E-state index contributed by atoms with van der Waals surface area (Å²) in [5, 5.41) is 4.83. The van der Waals surface area contributed by atoms with Crippen molar-refractivity contribution in [2.24, 2.45) is 5.10 Å². The minimum atomic E-state index is -4.56. The number of para-hydroxylation sites is 1. The van der Waals surface area contributed by atoms with Crippen LogP contribution in [0.4, 0.5) is 13.2 Å². The average molecular weight is 563 g/mol. The van der Waals surface area contributed by atoms with E-state index >= 15 is 0 Å². The summed E-state index contributed by atoms with van der Waals surface area (Å²) in [4.78, 5) is 17.7. The first-order valence-electron chi connectivity index (χ1n) is 10.2. The van der Waals surface area contributed by atoms with E-state index < -0.39 is 17.3 Å². The Hall–Kier alpha value is -3.43. The third kappa shape index (κ3) is 5.31. The van der Waals surface area contributed by atoms with Crippen molar-refractivity contribution in [2.75, 3.05) is 6.61 Å². The molecule has 0 fully saturated rings. The Balaban J connectivity index is 1.86. The Kier molecular flexibility index (Phi) is 7.09. The lowest BCUT2D eigenvalue weighted by molar-refractivity contribution is -0.137. The zero-order valence-electron chi connectivity index (χ0n) is 17.9. The fourth-order valence-corrected chi connectivity index (χ4v) is 4.30. The van der Waals surface area contributed by atoms with Crippen molar-refractivity contribution in [1.82, 2.24) is 9.66 Å². The largest absolute Gasteiger partial charge is 0.487 e. The van der Waals surface area contributed by atoms with Gasteiger partial charge in [0.05, 0.1) is 32.2 Å². The van der Waals surface area contributed by atoms with Gasteiger partial charge in [0.1, 0.15) is 6.61 Å². The van der Waals surface area contributed by atoms with E-state index in [1.807, 2.05) is 0 Å². The molecule has 0 saturated heterocycles. The Morgan fingerprint density at radius 1 is 1.14 bits per heavy atom. The number of benzene rings is 3. The highest BCUT2D eigenvalue weighted by Gasteiger charge is 2.31. The second-order valence-electron chi connectivity index (χ2n) is 7.31. The van der Waals surface area contributed by atoms with Gasteiger partial charge in [-0.2, -0.15) is 22.9 Å². The van der Waals surface area contributed by atoms with Crippen molar-refractivity contribution in [3.05, 3.63) is 104 Å². The summed E-state index contributed by atoms with van der Waals surface area (Å²) in [6.45, 7) is 3.85. The third-order valence-electron chi connectivity index (χ3n) is 4.89. The van der Waals surface area contributed by atoms with Gasteiger partial charge in [-0.15, -0.1) is 0 Å². The lowest BCUT2D eigenvalue weighted by atomic mass is 10.1. The van der Waals surface area contributed by atoms with Gasteiger partial charge in [-0.3, -0.25) is 4.79 Å². The lowest BCUT2D eigenvalue weighted by Gasteiger charge is -2.12. The number of halogens is 5. The maximum atomic E-state index is 13.3. The number of hydrogen-bond acceptors (Lipinski definition) is 4. The van der Waals surface area contributed by atoms with Gasteiger partial charge in [0.15, 0.2) is 11.6 Å². The van der Waals surface area contributed by atoms with Crippen LogP contribution in [-0.4, -0.2) is 22.5 Å². The lowest BCUT2D eigenvalue weighted by Crippen LogP contribution is -2.20. The second-order valence-corrected chi connectivity index (χ2v) is 8.57. The molecule has 0 atom stereocenters. The molecule has 0 spiro atoms. The topological polar surface area (TPSA) is 56.5 Å². The van der Waals surface area contributed by atoms with Crippen LogP contribution in [0.15, 0.2) is 87.7 Å². The third-order valence-corrected chi connectivity index (χ3v) is 5.76. The van der Waals surface area contributed by atoms with Crippen LogP contribution in [0.1, 0.15) is 11.1 Å². The molecule has 178 valence electrons. The number of nitrogens with zero attached hydrogens (tertiary/aromatic N) is 3. The van der Waals surface area contributed by atoms with Crippen molar-refractivity contribution < 1.29 is 17.9 Å². The molecule has 5 nitrogen and oxygen atoms in total. The number of fused-ring (bicyclic) bond motifs is 1. The van der Waals surface area contributed by atoms with Crippen molar-refractivity contribution in [1.29, 1.82) is 0 Å². The molecular formula is C25H16BrClF3N3O2. The molecule has 4 aromatic rings. The van der Waals surface area contributed by atoms with Crippen molar-refractivity contribution in [3.63, 3.8) is 0 Å². The summed E-state index contributed by atoms with van der Waals surface area (Å²) in [6, 6.07) is 14.4. The molecule has 1 heterocycles. The maximum Gasteiger partial charge on any atom is 0.416 e. The summed E-state index contributed by atoms with van der Waals surface area (Å²) in [5.74, 6) is 0.380. The standard InChI is InChI=1S/C25H16BrClF3N3O2/c1-2-10-35-22-19(26)11-15(12-20(22)27)14-31-33-23(16-6-5-7-17(13-16)25(28,29)30)32-21-9-4-3-8-18(21)24(33)34/h2-9,11-14H,1,10H2. The molecule has 3 aromatic carbocycles.